The lowest BCUT2D eigenvalue weighted by Gasteiger charge is -2.25. The summed E-state index contributed by atoms with van der Waals surface area (Å²) in [4.78, 5) is 28.1. The second-order valence-electron chi connectivity index (χ2n) is 6.79. The zero-order valence-electron chi connectivity index (χ0n) is 16.0. The van der Waals surface area contributed by atoms with Gasteiger partial charge in [0, 0.05) is 10.4 Å². The Balaban J connectivity index is 1.84. The molecule has 2 heterocycles. The number of carbonyl (C=O) groups excluding carboxylic acids is 2. The Hall–Kier alpha value is -3.45. The summed E-state index contributed by atoms with van der Waals surface area (Å²) < 4.78 is 18.6. The molecule has 1 fully saturated rings. The first-order valence-corrected chi connectivity index (χ1v) is 10.1. The van der Waals surface area contributed by atoms with E-state index in [1.54, 1.807) is 24.3 Å². The first kappa shape index (κ1) is 19.8. The van der Waals surface area contributed by atoms with E-state index in [1.807, 2.05) is 17.5 Å². The van der Waals surface area contributed by atoms with E-state index in [-0.39, 0.29) is 17.9 Å². The fourth-order valence-electron chi connectivity index (χ4n) is 3.51. The summed E-state index contributed by atoms with van der Waals surface area (Å²) >= 11 is 1.47. The van der Waals surface area contributed by atoms with Crippen LogP contribution in [0.25, 0.3) is 5.76 Å². The van der Waals surface area contributed by atoms with Crippen molar-refractivity contribution in [3.05, 3.63) is 93.4 Å². The SMILES string of the molecule is COc1ccc(/C(O)=C2\C(=O)C(=O)N(Cc3cccs3)C2c2ccc(F)cc2)cc1. The van der Waals surface area contributed by atoms with Crippen molar-refractivity contribution in [2.75, 3.05) is 7.11 Å². The molecule has 1 unspecified atom stereocenters. The van der Waals surface area contributed by atoms with Gasteiger partial charge in [0.15, 0.2) is 0 Å². The molecule has 1 aliphatic rings. The molecule has 30 heavy (non-hydrogen) atoms. The predicted molar refractivity (Wildman–Crippen MR) is 112 cm³/mol. The first-order valence-electron chi connectivity index (χ1n) is 9.20. The summed E-state index contributed by atoms with van der Waals surface area (Å²) in [7, 11) is 1.53. The first-order chi connectivity index (χ1) is 14.5. The Kier molecular flexibility index (Phi) is 5.37. The molecule has 4 rings (SSSR count). The van der Waals surface area contributed by atoms with Gasteiger partial charge in [-0.25, -0.2) is 4.39 Å². The van der Waals surface area contributed by atoms with E-state index in [0.29, 0.717) is 16.9 Å². The minimum atomic E-state index is -0.824. The summed E-state index contributed by atoms with van der Waals surface area (Å²) in [6.45, 7) is 0.212. The highest BCUT2D eigenvalue weighted by atomic mass is 32.1. The number of benzene rings is 2. The molecule has 0 radical (unpaired) electrons. The second-order valence-corrected chi connectivity index (χ2v) is 7.82. The molecule has 1 atom stereocenters. The Morgan fingerprint density at radius 1 is 1.10 bits per heavy atom. The van der Waals surface area contributed by atoms with Crippen molar-refractivity contribution in [3.8, 4) is 5.75 Å². The normalized spacial score (nSPS) is 18.1. The largest absolute Gasteiger partial charge is 0.507 e. The highest BCUT2D eigenvalue weighted by Gasteiger charge is 2.46. The molecule has 0 aliphatic carbocycles. The molecule has 0 bridgehead atoms. The number of ketones is 1. The average Bonchev–Trinajstić information content (AvgIpc) is 3.36. The molecule has 1 N–H and O–H groups in total. The lowest BCUT2D eigenvalue weighted by molar-refractivity contribution is -0.140. The summed E-state index contributed by atoms with van der Waals surface area (Å²) in [5.74, 6) is -1.58. The van der Waals surface area contributed by atoms with Gasteiger partial charge in [0.05, 0.1) is 25.3 Å². The third kappa shape index (κ3) is 3.59. The molecule has 5 nitrogen and oxygen atoms in total. The number of aliphatic hydroxyl groups excluding tert-OH is 1. The number of halogens is 1. The Bertz CT molecular complexity index is 1110. The van der Waals surface area contributed by atoms with Crippen LogP contribution in [0, 0.1) is 5.82 Å². The number of nitrogens with zero attached hydrogens (tertiary/aromatic N) is 1. The zero-order valence-corrected chi connectivity index (χ0v) is 16.9. The van der Waals surface area contributed by atoms with Gasteiger partial charge in [-0.15, -0.1) is 11.3 Å². The molecule has 7 heteroatoms. The summed E-state index contributed by atoms with van der Waals surface area (Å²) in [5, 5.41) is 12.9. The van der Waals surface area contributed by atoms with E-state index >= 15 is 0 Å². The fraction of sp³-hybridized carbons (Fsp3) is 0.130. The fourth-order valence-corrected chi connectivity index (χ4v) is 4.21. The van der Waals surface area contributed by atoms with Crippen molar-refractivity contribution < 1.29 is 23.8 Å². The number of methoxy groups -OCH3 is 1. The smallest absolute Gasteiger partial charge is 0.295 e. The predicted octanol–water partition coefficient (Wildman–Crippen LogP) is 4.52. The number of hydrogen-bond donors (Lipinski definition) is 1. The average molecular weight is 423 g/mol. The van der Waals surface area contributed by atoms with E-state index in [0.717, 1.165) is 4.88 Å². The molecule has 152 valence electrons. The molecule has 3 aromatic rings. The van der Waals surface area contributed by atoms with E-state index in [1.165, 1.54) is 47.6 Å². The lowest BCUT2D eigenvalue weighted by atomic mass is 9.95. The molecule has 1 amide bonds. The van der Waals surface area contributed by atoms with Crippen molar-refractivity contribution >= 4 is 28.8 Å². The van der Waals surface area contributed by atoms with Crippen LogP contribution in [0.1, 0.15) is 22.0 Å². The number of aliphatic hydroxyl groups is 1. The Morgan fingerprint density at radius 3 is 2.40 bits per heavy atom. The summed E-state index contributed by atoms with van der Waals surface area (Å²) in [6.07, 6.45) is 0. The number of carbonyl (C=O) groups is 2. The van der Waals surface area contributed by atoms with E-state index in [9.17, 15) is 19.1 Å². The number of thiophene rings is 1. The summed E-state index contributed by atoms with van der Waals surface area (Å²) in [6, 6.07) is 15.0. The molecule has 1 saturated heterocycles. The highest BCUT2D eigenvalue weighted by Crippen LogP contribution is 2.40. The van der Waals surface area contributed by atoms with Gasteiger partial charge < -0.3 is 14.7 Å². The van der Waals surface area contributed by atoms with E-state index in [2.05, 4.69) is 0 Å². The van der Waals surface area contributed by atoms with Crippen molar-refractivity contribution in [2.24, 2.45) is 0 Å². The van der Waals surface area contributed by atoms with Crippen LogP contribution in [0.15, 0.2) is 71.6 Å². The van der Waals surface area contributed by atoms with Gasteiger partial charge in [0.2, 0.25) is 0 Å². The molecule has 2 aromatic carbocycles. The van der Waals surface area contributed by atoms with Crippen molar-refractivity contribution in [1.29, 1.82) is 0 Å². The Labute approximate surface area is 176 Å². The summed E-state index contributed by atoms with van der Waals surface area (Å²) in [5.41, 5.74) is 0.910. The van der Waals surface area contributed by atoms with Crippen molar-refractivity contribution in [3.63, 3.8) is 0 Å². The van der Waals surface area contributed by atoms with Gasteiger partial charge in [-0.05, 0) is 53.4 Å². The number of ether oxygens (including phenoxy) is 1. The maximum atomic E-state index is 13.5. The van der Waals surface area contributed by atoms with Gasteiger partial charge in [0.25, 0.3) is 11.7 Å². The number of hydrogen-bond acceptors (Lipinski definition) is 5. The molecule has 1 aliphatic heterocycles. The minimum Gasteiger partial charge on any atom is -0.507 e. The van der Waals surface area contributed by atoms with Gasteiger partial charge in [-0.1, -0.05) is 18.2 Å². The molecule has 1 aromatic heterocycles. The standard InChI is InChI=1S/C23H18FNO4S/c1-29-17-10-6-15(7-11-17)21(26)19-20(14-4-8-16(24)9-5-14)25(23(28)22(19)27)13-18-3-2-12-30-18/h2-12,20,26H,13H2,1H3/b21-19+. The highest BCUT2D eigenvalue weighted by molar-refractivity contribution is 7.09. The number of Topliss-reactive ketones (excluding diaryl/α,β-unsaturated/α-hetero) is 1. The molecular formula is C23H18FNO4S. The van der Waals surface area contributed by atoms with Gasteiger partial charge in [-0.3, -0.25) is 9.59 Å². The quantitative estimate of drug-likeness (QED) is 0.372. The maximum Gasteiger partial charge on any atom is 0.295 e. The molecule has 0 spiro atoms. The minimum absolute atomic E-state index is 0.0201. The third-order valence-corrected chi connectivity index (χ3v) is 5.86. The van der Waals surface area contributed by atoms with E-state index < -0.39 is 23.5 Å². The van der Waals surface area contributed by atoms with Crippen LogP contribution in [0.5, 0.6) is 5.75 Å². The van der Waals surface area contributed by atoms with Crippen LogP contribution in [0.4, 0.5) is 4.39 Å². The van der Waals surface area contributed by atoms with Crippen molar-refractivity contribution in [1.82, 2.24) is 4.90 Å². The van der Waals surface area contributed by atoms with E-state index in [4.69, 9.17) is 4.74 Å². The second kappa shape index (κ2) is 8.12. The number of amides is 1. The topological polar surface area (TPSA) is 66.8 Å². The number of rotatable bonds is 5. The Morgan fingerprint density at radius 2 is 1.80 bits per heavy atom. The maximum absolute atomic E-state index is 13.5. The van der Waals surface area contributed by atoms with Crippen molar-refractivity contribution in [2.45, 2.75) is 12.6 Å². The van der Waals surface area contributed by atoms with Crippen LogP contribution in [-0.2, 0) is 16.1 Å². The lowest BCUT2D eigenvalue weighted by Crippen LogP contribution is -2.28. The zero-order chi connectivity index (χ0) is 21.3. The third-order valence-electron chi connectivity index (χ3n) is 5.00. The van der Waals surface area contributed by atoms with Crippen LogP contribution in [-0.4, -0.2) is 28.8 Å². The van der Waals surface area contributed by atoms with Gasteiger partial charge in [-0.2, -0.15) is 0 Å². The van der Waals surface area contributed by atoms with Crippen LogP contribution in [0.2, 0.25) is 0 Å². The van der Waals surface area contributed by atoms with Crippen LogP contribution >= 0.6 is 11.3 Å². The molecule has 0 saturated carbocycles. The van der Waals surface area contributed by atoms with Crippen LogP contribution in [0.3, 0.4) is 0 Å². The van der Waals surface area contributed by atoms with Crippen LogP contribution < -0.4 is 4.74 Å². The van der Waals surface area contributed by atoms with Gasteiger partial charge >= 0.3 is 0 Å². The monoisotopic (exact) mass is 423 g/mol. The molecular weight excluding hydrogens is 405 g/mol. The number of likely N-dealkylation sites (tertiary alicyclic amines) is 1. The van der Waals surface area contributed by atoms with Gasteiger partial charge in [0.1, 0.15) is 17.3 Å².